The Morgan fingerprint density at radius 1 is 0.952 bits per heavy atom. The van der Waals surface area contributed by atoms with Crippen molar-refractivity contribution in [3.8, 4) is 5.75 Å². The molecule has 0 saturated carbocycles. The van der Waals surface area contributed by atoms with Crippen molar-refractivity contribution in [1.29, 1.82) is 0 Å². The lowest BCUT2D eigenvalue weighted by Gasteiger charge is -2.15. The van der Waals surface area contributed by atoms with Gasteiger partial charge in [-0.05, 0) is 56.0 Å². The predicted molar refractivity (Wildman–Crippen MR) is 90.2 cm³/mol. The van der Waals surface area contributed by atoms with Gasteiger partial charge in [-0.3, -0.25) is 0 Å². The summed E-state index contributed by atoms with van der Waals surface area (Å²) in [6.07, 6.45) is 1.02. The van der Waals surface area contributed by atoms with Gasteiger partial charge in [0, 0.05) is 6.54 Å². The third-order valence-corrected chi connectivity index (χ3v) is 3.57. The molecule has 1 N–H and O–H groups in total. The number of hydrogen-bond acceptors (Lipinski definition) is 2. The number of aryl methyl sites for hydroxylation is 3. The molecule has 0 aliphatic carbocycles. The fourth-order valence-corrected chi connectivity index (χ4v) is 2.34. The Balaban J connectivity index is 2.11. The highest BCUT2D eigenvalue weighted by atomic mass is 16.5. The van der Waals surface area contributed by atoms with Gasteiger partial charge in [0.2, 0.25) is 0 Å². The van der Waals surface area contributed by atoms with Crippen LogP contribution in [0.4, 0.5) is 5.69 Å². The van der Waals surface area contributed by atoms with Gasteiger partial charge in [0.15, 0.2) is 0 Å². The average molecular weight is 283 g/mol. The van der Waals surface area contributed by atoms with Crippen LogP contribution in [-0.4, -0.2) is 6.61 Å². The van der Waals surface area contributed by atoms with Crippen LogP contribution in [0.25, 0.3) is 0 Å². The molecule has 2 rings (SSSR count). The predicted octanol–water partition coefficient (Wildman–Crippen LogP) is 5.01. The van der Waals surface area contributed by atoms with E-state index in [1.165, 1.54) is 22.3 Å². The molecule has 0 heterocycles. The van der Waals surface area contributed by atoms with Crippen LogP contribution in [0.2, 0.25) is 0 Å². The van der Waals surface area contributed by atoms with Crippen molar-refractivity contribution >= 4 is 5.69 Å². The summed E-state index contributed by atoms with van der Waals surface area (Å²) in [5.41, 5.74) is 6.24. The average Bonchev–Trinajstić information content (AvgIpc) is 2.45. The van der Waals surface area contributed by atoms with Crippen LogP contribution in [0.1, 0.15) is 35.6 Å². The lowest BCUT2D eigenvalue weighted by Crippen LogP contribution is -2.05. The smallest absolute Gasteiger partial charge is 0.142 e. The van der Waals surface area contributed by atoms with Gasteiger partial charge in [0.1, 0.15) is 5.75 Å². The van der Waals surface area contributed by atoms with Crippen molar-refractivity contribution < 1.29 is 4.74 Å². The molecule has 0 unspecified atom stereocenters. The maximum Gasteiger partial charge on any atom is 0.142 e. The second-order valence-corrected chi connectivity index (χ2v) is 5.63. The Morgan fingerprint density at radius 2 is 1.67 bits per heavy atom. The van der Waals surface area contributed by atoms with Crippen LogP contribution in [-0.2, 0) is 6.54 Å². The molecule has 0 spiro atoms. The first kappa shape index (κ1) is 15.4. The van der Waals surface area contributed by atoms with E-state index in [-0.39, 0.29) is 0 Å². The van der Waals surface area contributed by atoms with E-state index >= 15 is 0 Å². The van der Waals surface area contributed by atoms with E-state index in [2.05, 4.69) is 69.4 Å². The van der Waals surface area contributed by atoms with Gasteiger partial charge in [0.05, 0.1) is 12.3 Å². The molecule has 2 heteroatoms. The van der Waals surface area contributed by atoms with Gasteiger partial charge >= 0.3 is 0 Å². The zero-order chi connectivity index (χ0) is 15.2. The third kappa shape index (κ3) is 4.25. The molecule has 0 amide bonds. The van der Waals surface area contributed by atoms with Crippen molar-refractivity contribution in [3.05, 3.63) is 58.7 Å². The number of nitrogens with one attached hydrogen (secondary N) is 1. The highest BCUT2D eigenvalue weighted by Gasteiger charge is 2.05. The van der Waals surface area contributed by atoms with Crippen molar-refractivity contribution in [2.75, 3.05) is 11.9 Å². The Kier molecular flexibility index (Phi) is 5.26. The number of hydrogen-bond donors (Lipinski definition) is 1. The van der Waals surface area contributed by atoms with E-state index in [0.717, 1.165) is 31.0 Å². The molecule has 0 radical (unpaired) electrons. The van der Waals surface area contributed by atoms with Gasteiger partial charge in [0.25, 0.3) is 0 Å². The lowest BCUT2D eigenvalue weighted by atomic mass is 10.1. The first-order valence-corrected chi connectivity index (χ1v) is 7.63. The molecular weight excluding hydrogens is 258 g/mol. The van der Waals surface area contributed by atoms with E-state index in [1.54, 1.807) is 0 Å². The summed E-state index contributed by atoms with van der Waals surface area (Å²) in [5, 5.41) is 3.50. The van der Waals surface area contributed by atoms with Crippen molar-refractivity contribution in [2.24, 2.45) is 0 Å². The van der Waals surface area contributed by atoms with E-state index in [1.807, 2.05) is 0 Å². The van der Waals surface area contributed by atoms with E-state index in [9.17, 15) is 0 Å². The molecular formula is C19H25NO. The summed E-state index contributed by atoms with van der Waals surface area (Å²) >= 11 is 0. The molecule has 0 aliphatic heterocycles. The Morgan fingerprint density at radius 3 is 2.38 bits per heavy atom. The minimum absolute atomic E-state index is 0.752. The van der Waals surface area contributed by atoms with Crippen molar-refractivity contribution in [1.82, 2.24) is 0 Å². The van der Waals surface area contributed by atoms with Crippen LogP contribution < -0.4 is 10.1 Å². The van der Waals surface area contributed by atoms with Crippen LogP contribution in [0.15, 0.2) is 36.4 Å². The highest BCUT2D eigenvalue weighted by Crippen LogP contribution is 2.26. The molecule has 2 aromatic carbocycles. The number of anilines is 1. The number of benzene rings is 2. The molecule has 0 saturated heterocycles. The molecule has 0 fully saturated rings. The Hall–Kier alpha value is -1.96. The fraction of sp³-hybridized carbons (Fsp3) is 0.368. The summed E-state index contributed by atoms with van der Waals surface area (Å²) in [6.45, 7) is 10.1. The van der Waals surface area contributed by atoms with Gasteiger partial charge in [-0.15, -0.1) is 0 Å². The van der Waals surface area contributed by atoms with Crippen LogP contribution in [0.3, 0.4) is 0 Å². The van der Waals surface area contributed by atoms with Crippen LogP contribution in [0.5, 0.6) is 5.75 Å². The van der Waals surface area contributed by atoms with Crippen molar-refractivity contribution in [2.45, 2.75) is 40.7 Å². The second kappa shape index (κ2) is 7.16. The molecule has 0 aliphatic rings. The highest BCUT2D eigenvalue weighted by molar-refractivity contribution is 5.58. The summed E-state index contributed by atoms with van der Waals surface area (Å²) in [6, 6.07) is 12.9. The summed E-state index contributed by atoms with van der Waals surface area (Å²) in [5.74, 6) is 0.946. The molecule has 2 aromatic rings. The molecule has 112 valence electrons. The van der Waals surface area contributed by atoms with Gasteiger partial charge < -0.3 is 10.1 Å². The summed E-state index contributed by atoms with van der Waals surface area (Å²) in [4.78, 5) is 0. The van der Waals surface area contributed by atoms with Gasteiger partial charge in [-0.25, -0.2) is 0 Å². The molecule has 21 heavy (non-hydrogen) atoms. The minimum atomic E-state index is 0.752. The first-order valence-electron chi connectivity index (χ1n) is 7.63. The van der Waals surface area contributed by atoms with E-state index in [0.29, 0.717) is 0 Å². The monoisotopic (exact) mass is 283 g/mol. The van der Waals surface area contributed by atoms with Gasteiger partial charge in [-0.2, -0.15) is 0 Å². The largest absolute Gasteiger partial charge is 0.491 e. The molecule has 0 bridgehead atoms. The first-order chi connectivity index (χ1) is 10.1. The lowest BCUT2D eigenvalue weighted by molar-refractivity contribution is 0.318. The molecule has 0 atom stereocenters. The zero-order valence-corrected chi connectivity index (χ0v) is 13.5. The SMILES string of the molecule is CCCOc1cc(C)ccc1NCc1ccc(C)cc1C. The number of rotatable bonds is 6. The van der Waals surface area contributed by atoms with Gasteiger partial charge in [-0.1, -0.05) is 36.8 Å². The Labute approximate surface area is 128 Å². The normalized spacial score (nSPS) is 10.5. The third-order valence-electron chi connectivity index (χ3n) is 3.57. The summed E-state index contributed by atoms with van der Waals surface area (Å²) in [7, 11) is 0. The van der Waals surface area contributed by atoms with Crippen LogP contribution in [0, 0.1) is 20.8 Å². The van der Waals surface area contributed by atoms with E-state index in [4.69, 9.17) is 4.74 Å². The molecule has 0 aromatic heterocycles. The van der Waals surface area contributed by atoms with Crippen LogP contribution >= 0.6 is 0 Å². The van der Waals surface area contributed by atoms with E-state index < -0.39 is 0 Å². The zero-order valence-electron chi connectivity index (χ0n) is 13.5. The second-order valence-electron chi connectivity index (χ2n) is 5.63. The Bertz CT molecular complexity index is 605. The molecule has 2 nitrogen and oxygen atoms in total. The maximum atomic E-state index is 5.84. The van der Waals surface area contributed by atoms with Crippen molar-refractivity contribution in [3.63, 3.8) is 0 Å². The standard InChI is InChI=1S/C19H25NO/c1-5-10-21-19-12-15(3)7-9-18(19)20-13-17-8-6-14(2)11-16(17)4/h6-9,11-12,20H,5,10,13H2,1-4H3. The summed E-state index contributed by atoms with van der Waals surface area (Å²) < 4.78 is 5.84. The quantitative estimate of drug-likeness (QED) is 0.804. The topological polar surface area (TPSA) is 21.3 Å². The minimum Gasteiger partial charge on any atom is -0.491 e. The maximum absolute atomic E-state index is 5.84. The fourth-order valence-electron chi connectivity index (χ4n) is 2.34. The number of ether oxygens (including phenoxy) is 1.